The van der Waals surface area contributed by atoms with Crippen molar-refractivity contribution in [3.05, 3.63) is 87.9 Å². The van der Waals surface area contributed by atoms with E-state index < -0.39 is 36.0 Å². The second kappa shape index (κ2) is 11.0. The SMILES string of the molecule is O=C(CN1C=C(Cl)C=C(C(F)(F)F)C1)N1CCC(c2ccnc(C3=NOC(c4c(F)cccc4F)C3)c2)CC1. The average molecular weight is 567 g/mol. The Morgan fingerprint density at radius 2 is 1.85 bits per heavy atom. The monoisotopic (exact) mass is 566 g/mol. The van der Waals surface area contributed by atoms with Gasteiger partial charge < -0.3 is 14.6 Å². The zero-order valence-corrected chi connectivity index (χ0v) is 21.4. The van der Waals surface area contributed by atoms with E-state index >= 15 is 0 Å². The molecule has 0 bridgehead atoms. The van der Waals surface area contributed by atoms with Gasteiger partial charge in [-0.1, -0.05) is 22.8 Å². The van der Waals surface area contributed by atoms with E-state index in [1.54, 1.807) is 11.1 Å². The molecule has 1 unspecified atom stereocenters. The number of carbonyl (C=O) groups excluding carboxylic acids is 1. The van der Waals surface area contributed by atoms with E-state index in [9.17, 15) is 26.7 Å². The summed E-state index contributed by atoms with van der Waals surface area (Å²) in [5, 5.41) is 3.95. The van der Waals surface area contributed by atoms with Crippen LogP contribution in [0.2, 0.25) is 0 Å². The molecule has 4 heterocycles. The van der Waals surface area contributed by atoms with E-state index in [2.05, 4.69) is 10.1 Å². The Morgan fingerprint density at radius 1 is 1.13 bits per heavy atom. The van der Waals surface area contributed by atoms with Crippen LogP contribution in [0.1, 0.15) is 48.1 Å². The minimum Gasteiger partial charge on any atom is -0.387 e. The van der Waals surface area contributed by atoms with E-state index in [4.69, 9.17) is 16.4 Å². The molecule has 2 aromatic rings. The number of benzene rings is 1. The van der Waals surface area contributed by atoms with Crippen LogP contribution in [-0.4, -0.2) is 58.8 Å². The molecule has 0 N–H and O–H groups in total. The Kier molecular flexibility index (Phi) is 7.61. The maximum atomic E-state index is 14.2. The fourth-order valence-electron chi connectivity index (χ4n) is 5.06. The molecule has 1 aromatic heterocycles. The van der Waals surface area contributed by atoms with E-state index in [0.717, 1.165) is 11.6 Å². The summed E-state index contributed by atoms with van der Waals surface area (Å²) in [6.45, 7) is 0.275. The minimum atomic E-state index is -4.51. The van der Waals surface area contributed by atoms with E-state index in [1.165, 1.54) is 29.3 Å². The number of rotatable bonds is 5. The number of allylic oxidation sites excluding steroid dienone is 2. The number of likely N-dealkylation sites (tertiary alicyclic amines) is 1. The smallest absolute Gasteiger partial charge is 0.387 e. The molecule has 5 rings (SSSR count). The highest BCUT2D eigenvalue weighted by Crippen LogP contribution is 2.34. The number of hydrogen-bond acceptors (Lipinski definition) is 5. The maximum absolute atomic E-state index is 14.2. The van der Waals surface area contributed by atoms with Gasteiger partial charge in [0.25, 0.3) is 0 Å². The number of oxime groups is 1. The molecule has 1 aromatic carbocycles. The van der Waals surface area contributed by atoms with Crippen molar-refractivity contribution >= 4 is 23.2 Å². The van der Waals surface area contributed by atoms with Gasteiger partial charge in [-0.3, -0.25) is 9.78 Å². The van der Waals surface area contributed by atoms with Gasteiger partial charge in [-0.25, -0.2) is 8.78 Å². The number of hydrogen-bond donors (Lipinski definition) is 0. The van der Waals surface area contributed by atoms with Gasteiger partial charge in [-0.05, 0) is 54.7 Å². The molecule has 0 saturated carbocycles. The molecular formula is C27H24ClF5N4O2. The molecule has 1 fully saturated rings. The summed E-state index contributed by atoms with van der Waals surface area (Å²) in [6.07, 6.45) is -0.0479. The van der Waals surface area contributed by atoms with Crippen LogP contribution >= 0.6 is 11.6 Å². The first kappa shape index (κ1) is 27.1. The molecule has 0 aliphatic carbocycles. The van der Waals surface area contributed by atoms with E-state index in [1.807, 2.05) is 12.1 Å². The molecule has 0 radical (unpaired) electrons. The fraction of sp³-hybridized carbons (Fsp3) is 0.370. The summed E-state index contributed by atoms with van der Waals surface area (Å²) in [5.41, 5.74) is 1.06. The average Bonchev–Trinajstić information content (AvgIpc) is 3.38. The number of nitrogens with zero attached hydrogens (tertiary/aromatic N) is 4. The van der Waals surface area contributed by atoms with E-state index in [-0.39, 0.29) is 35.4 Å². The van der Waals surface area contributed by atoms with Crippen LogP contribution in [0.25, 0.3) is 0 Å². The van der Waals surface area contributed by atoms with Gasteiger partial charge in [0.1, 0.15) is 17.3 Å². The van der Waals surface area contributed by atoms with Crippen LogP contribution in [0.15, 0.2) is 64.6 Å². The summed E-state index contributed by atoms with van der Waals surface area (Å²) < 4.78 is 67.7. The first-order chi connectivity index (χ1) is 18.6. The summed E-state index contributed by atoms with van der Waals surface area (Å²) in [5.74, 6) is -1.54. The van der Waals surface area contributed by atoms with Gasteiger partial charge in [0.15, 0.2) is 6.10 Å². The molecule has 3 aliphatic rings. The first-order valence-corrected chi connectivity index (χ1v) is 12.8. The van der Waals surface area contributed by atoms with Gasteiger partial charge in [-0.2, -0.15) is 13.2 Å². The predicted molar refractivity (Wildman–Crippen MR) is 134 cm³/mol. The summed E-state index contributed by atoms with van der Waals surface area (Å²) >= 11 is 5.84. The molecular weight excluding hydrogens is 543 g/mol. The lowest BCUT2D eigenvalue weighted by molar-refractivity contribution is -0.133. The molecule has 1 amide bonds. The van der Waals surface area contributed by atoms with Crippen molar-refractivity contribution < 1.29 is 31.6 Å². The largest absolute Gasteiger partial charge is 0.414 e. The highest BCUT2D eigenvalue weighted by atomic mass is 35.5. The number of aromatic nitrogens is 1. The van der Waals surface area contributed by atoms with Crippen molar-refractivity contribution in [1.29, 1.82) is 0 Å². The molecule has 3 aliphatic heterocycles. The van der Waals surface area contributed by atoms with Crippen molar-refractivity contribution in [3.63, 3.8) is 0 Å². The Bertz CT molecular complexity index is 1330. The Hall–Kier alpha value is -3.47. The fourth-order valence-corrected chi connectivity index (χ4v) is 5.33. The summed E-state index contributed by atoms with van der Waals surface area (Å²) in [7, 11) is 0. The highest BCUT2D eigenvalue weighted by molar-refractivity contribution is 6.31. The topological polar surface area (TPSA) is 58.0 Å². The number of piperidine rings is 1. The molecule has 0 spiro atoms. The van der Waals surface area contributed by atoms with Crippen LogP contribution in [0.4, 0.5) is 22.0 Å². The number of carbonyl (C=O) groups is 1. The van der Waals surface area contributed by atoms with Crippen molar-refractivity contribution in [2.45, 2.75) is 37.5 Å². The van der Waals surface area contributed by atoms with Crippen LogP contribution in [-0.2, 0) is 9.63 Å². The Labute approximate surface area is 226 Å². The Balaban J connectivity index is 1.17. The lowest BCUT2D eigenvalue weighted by Gasteiger charge is -2.34. The number of alkyl halides is 3. The minimum absolute atomic E-state index is 0.0730. The highest BCUT2D eigenvalue weighted by Gasteiger charge is 2.36. The molecule has 39 heavy (non-hydrogen) atoms. The first-order valence-electron chi connectivity index (χ1n) is 12.4. The number of halogens is 6. The molecule has 1 atom stereocenters. The number of amides is 1. The lowest BCUT2D eigenvalue weighted by Crippen LogP contribution is -2.44. The second-order valence-electron chi connectivity index (χ2n) is 9.69. The molecule has 1 saturated heterocycles. The molecule has 6 nitrogen and oxygen atoms in total. The second-order valence-corrected chi connectivity index (χ2v) is 10.1. The van der Waals surface area contributed by atoms with Gasteiger partial charge in [0.05, 0.1) is 28.4 Å². The molecule has 12 heteroatoms. The van der Waals surface area contributed by atoms with Crippen LogP contribution in [0, 0.1) is 11.6 Å². The Morgan fingerprint density at radius 3 is 2.54 bits per heavy atom. The van der Waals surface area contributed by atoms with Crippen LogP contribution < -0.4 is 0 Å². The van der Waals surface area contributed by atoms with Gasteiger partial charge in [0, 0.05) is 38.5 Å². The standard InChI is InChI=1S/C27H24ClF5N4O2/c28-19-11-18(27(31,32)33)13-36(14-19)15-25(38)37-8-5-16(6-9-37)17-4-7-34-22(10-17)23-12-24(39-35-23)26-20(29)2-1-3-21(26)30/h1-4,7,10-11,14,16,24H,5-6,8-9,12-13,15H2. The predicted octanol–water partition coefficient (Wildman–Crippen LogP) is 5.82. The van der Waals surface area contributed by atoms with Gasteiger partial charge in [-0.15, -0.1) is 0 Å². The zero-order valence-electron chi connectivity index (χ0n) is 20.6. The lowest BCUT2D eigenvalue weighted by atomic mass is 9.89. The third-order valence-corrected chi connectivity index (χ3v) is 7.29. The van der Waals surface area contributed by atoms with Crippen LogP contribution in [0.5, 0.6) is 0 Å². The number of pyridine rings is 1. The summed E-state index contributed by atoms with van der Waals surface area (Å²) in [4.78, 5) is 25.4. The van der Waals surface area contributed by atoms with Crippen molar-refractivity contribution in [2.24, 2.45) is 5.16 Å². The normalized spacial score (nSPS) is 20.4. The third kappa shape index (κ3) is 6.08. The molecule has 206 valence electrons. The van der Waals surface area contributed by atoms with Crippen LogP contribution in [0.3, 0.4) is 0 Å². The van der Waals surface area contributed by atoms with E-state index in [0.29, 0.717) is 37.3 Å². The maximum Gasteiger partial charge on any atom is 0.414 e. The zero-order chi connectivity index (χ0) is 27.7. The third-order valence-electron chi connectivity index (χ3n) is 7.08. The van der Waals surface area contributed by atoms with Gasteiger partial charge in [0.2, 0.25) is 5.91 Å². The van der Waals surface area contributed by atoms with Crippen molar-refractivity contribution in [3.8, 4) is 0 Å². The van der Waals surface area contributed by atoms with Gasteiger partial charge >= 0.3 is 6.18 Å². The van der Waals surface area contributed by atoms with Crippen molar-refractivity contribution in [1.82, 2.24) is 14.8 Å². The quantitative estimate of drug-likeness (QED) is 0.428. The van der Waals surface area contributed by atoms with Crippen molar-refractivity contribution in [2.75, 3.05) is 26.2 Å². The summed E-state index contributed by atoms with van der Waals surface area (Å²) in [6, 6.07) is 7.38.